The molecule has 0 fully saturated rings. The van der Waals surface area contributed by atoms with Crippen LogP contribution in [-0.4, -0.2) is 18.9 Å². The maximum atomic E-state index is 12.9. The number of allylic oxidation sites excluding steroid dienone is 1. The second-order valence-corrected chi connectivity index (χ2v) is 9.49. The minimum Gasteiger partial charge on any atom is -0.872 e. The predicted molar refractivity (Wildman–Crippen MR) is 119 cm³/mol. The van der Waals surface area contributed by atoms with E-state index < -0.39 is 0 Å². The fourth-order valence-corrected chi connectivity index (χ4v) is 4.31. The molecule has 0 radical (unpaired) electrons. The molecular weight excluding hydrogens is 421 g/mol. The number of benzene rings is 2. The fraction of sp³-hybridized carbons (Fsp3) is 0.375. The van der Waals surface area contributed by atoms with Gasteiger partial charge >= 0.3 is 0 Å². The first-order chi connectivity index (χ1) is 14.2. The quantitative estimate of drug-likeness (QED) is 0.640. The highest BCUT2D eigenvalue weighted by atomic mass is 35.5. The minimum absolute atomic E-state index is 0.0997. The molecule has 0 bridgehead atoms. The number of halogens is 2. The first kappa shape index (κ1) is 22.7. The molecule has 2 aromatic carbocycles. The molecular formula is C24H27Cl2NO3. The Morgan fingerprint density at radius 2 is 1.73 bits per heavy atom. The Kier molecular flexibility index (Phi) is 7.12. The van der Waals surface area contributed by atoms with Gasteiger partial charge in [0.1, 0.15) is 12.3 Å². The Morgan fingerprint density at radius 1 is 1.07 bits per heavy atom. The van der Waals surface area contributed by atoms with Crippen molar-refractivity contribution in [2.24, 2.45) is 11.8 Å². The highest BCUT2D eigenvalue weighted by Gasteiger charge is 2.31. The summed E-state index contributed by atoms with van der Waals surface area (Å²) in [6.07, 6.45) is 1.60. The molecule has 0 amide bonds. The smallest absolute Gasteiger partial charge is 0.231 e. The van der Waals surface area contributed by atoms with Crippen LogP contribution in [0.25, 0.3) is 6.08 Å². The number of hydrogen-bond acceptors (Lipinski definition) is 3. The number of quaternary nitrogens is 1. The van der Waals surface area contributed by atoms with Crippen LogP contribution in [0.3, 0.4) is 0 Å². The van der Waals surface area contributed by atoms with Crippen LogP contribution < -0.4 is 14.7 Å². The second kappa shape index (κ2) is 9.42. The maximum absolute atomic E-state index is 12.9. The molecule has 3 rings (SSSR count). The van der Waals surface area contributed by atoms with E-state index in [-0.39, 0.29) is 17.3 Å². The number of carbonyl (C=O) groups is 1. The van der Waals surface area contributed by atoms with Crippen LogP contribution in [0.5, 0.6) is 11.5 Å². The molecule has 0 unspecified atom stereocenters. The highest BCUT2D eigenvalue weighted by molar-refractivity contribution is 6.35. The average Bonchev–Trinajstić information content (AvgIpc) is 2.95. The lowest BCUT2D eigenvalue weighted by atomic mass is 10.0. The van der Waals surface area contributed by atoms with Crippen LogP contribution in [0.1, 0.15) is 49.2 Å². The number of rotatable bonds is 7. The molecule has 2 aromatic rings. The van der Waals surface area contributed by atoms with E-state index in [9.17, 15) is 9.90 Å². The van der Waals surface area contributed by atoms with Crippen LogP contribution in [0.4, 0.5) is 0 Å². The molecule has 1 aliphatic heterocycles. The van der Waals surface area contributed by atoms with Gasteiger partial charge in [0.2, 0.25) is 5.78 Å². The van der Waals surface area contributed by atoms with Gasteiger partial charge in [0.15, 0.2) is 5.76 Å². The van der Waals surface area contributed by atoms with Crippen LogP contribution in [-0.2, 0) is 6.54 Å². The van der Waals surface area contributed by atoms with Crippen molar-refractivity contribution in [2.45, 2.75) is 34.2 Å². The topological polar surface area (TPSA) is 53.8 Å². The van der Waals surface area contributed by atoms with Crippen LogP contribution in [0.2, 0.25) is 10.0 Å². The van der Waals surface area contributed by atoms with Crippen molar-refractivity contribution in [3.8, 4) is 11.5 Å². The van der Waals surface area contributed by atoms with Crippen LogP contribution >= 0.6 is 23.2 Å². The lowest BCUT2D eigenvalue weighted by molar-refractivity contribution is -0.919. The van der Waals surface area contributed by atoms with E-state index in [4.69, 9.17) is 27.9 Å². The summed E-state index contributed by atoms with van der Waals surface area (Å²) < 4.78 is 5.94. The molecule has 6 heteroatoms. The van der Waals surface area contributed by atoms with Gasteiger partial charge in [-0.3, -0.25) is 4.79 Å². The minimum atomic E-state index is -0.244. The van der Waals surface area contributed by atoms with Gasteiger partial charge in [-0.15, -0.1) is 0 Å². The largest absolute Gasteiger partial charge is 0.872 e. The second-order valence-electron chi connectivity index (χ2n) is 8.65. The molecule has 1 aliphatic rings. The highest BCUT2D eigenvalue weighted by Crippen LogP contribution is 2.38. The molecule has 1 heterocycles. The predicted octanol–water partition coefficient (Wildman–Crippen LogP) is 4.38. The molecule has 4 nitrogen and oxygen atoms in total. The molecule has 0 atom stereocenters. The molecule has 0 spiro atoms. The molecule has 0 aromatic heterocycles. The zero-order valence-electron chi connectivity index (χ0n) is 17.7. The Balaban J connectivity index is 1.95. The third kappa shape index (κ3) is 5.18. The summed E-state index contributed by atoms with van der Waals surface area (Å²) in [6, 6.07) is 8.07. The average molecular weight is 448 g/mol. The lowest BCUT2D eigenvalue weighted by Crippen LogP contribution is -3.11. The molecule has 160 valence electrons. The molecule has 0 saturated carbocycles. The third-order valence-electron chi connectivity index (χ3n) is 4.97. The molecule has 0 saturated heterocycles. The number of nitrogens with one attached hydrogen (secondary N) is 1. The van der Waals surface area contributed by atoms with E-state index in [1.807, 2.05) is 0 Å². The number of hydrogen-bond donors (Lipinski definition) is 1. The number of ketones is 1. The summed E-state index contributed by atoms with van der Waals surface area (Å²) in [5.74, 6) is 1.19. The number of carbonyl (C=O) groups excluding carboxylic acids is 1. The summed E-state index contributed by atoms with van der Waals surface area (Å²) >= 11 is 12.2. The summed E-state index contributed by atoms with van der Waals surface area (Å²) in [5, 5.41) is 13.6. The van der Waals surface area contributed by atoms with Gasteiger partial charge in [-0.25, -0.2) is 0 Å². The van der Waals surface area contributed by atoms with Gasteiger partial charge in [0.05, 0.1) is 18.7 Å². The van der Waals surface area contributed by atoms with E-state index >= 15 is 0 Å². The number of ether oxygens (including phenoxy) is 1. The van der Waals surface area contributed by atoms with E-state index in [1.54, 1.807) is 30.3 Å². The zero-order chi connectivity index (χ0) is 22.0. The molecule has 1 N–H and O–H groups in total. The van der Waals surface area contributed by atoms with Crippen molar-refractivity contribution in [1.82, 2.24) is 0 Å². The van der Waals surface area contributed by atoms with Crippen LogP contribution in [0.15, 0.2) is 36.1 Å². The standard InChI is InChI=1S/C24H27Cl2NO3/c1-14(2)11-27(12-15(3)4)13-19-21(28)8-7-18-23(29)22(30-24(18)19)9-16-5-6-17(25)10-20(16)26/h5-10,14-15,28H,11-13H2,1-4H3/b22-9-. The van der Waals surface area contributed by atoms with Crippen LogP contribution in [0, 0.1) is 11.8 Å². The van der Waals surface area contributed by atoms with E-state index in [1.165, 1.54) is 11.0 Å². The first-order valence-electron chi connectivity index (χ1n) is 10.2. The number of Topliss-reactive ketones (excluding diaryl/α,β-unsaturated/α-hetero) is 1. The van der Waals surface area contributed by atoms with Crippen molar-refractivity contribution in [2.75, 3.05) is 13.1 Å². The zero-order valence-corrected chi connectivity index (χ0v) is 19.2. The lowest BCUT2D eigenvalue weighted by Gasteiger charge is -2.26. The summed E-state index contributed by atoms with van der Waals surface area (Å²) in [5.41, 5.74) is 1.62. The van der Waals surface area contributed by atoms with Gasteiger partial charge in [-0.05, 0) is 29.8 Å². The van der Waals surface area contributed by atoms with Crippen molar-refractivity contribution in [3.63, 3.8) is 0 Å². The molecule has 0 aliphatic carbocycles. The Bertz CT molecular complexity index is 973. The van der Waals surface area contributed by atoms with Crippen molar-refractivity contribution in [3.05, 3.63) is 62.8 Å². The van der Waals surface area contributed by atoms with Gasteiger partial charge in [0.25, 0.3) is 0 Å². The monoisotopic (exact) mass is 447 g/mol. The molecule has 30 heavy (non-hydrogen) atoms. The SMILES string of the molecule is CC(C)C[NH+](Cc1c([O-])ccc2c1O/C(=C\c1ccc(Cl)cc1Cl)C2=O)CC(C)C. The fourth-order valence-electron chi connectivity index (χ4n) is 3.85. The van der Waals surface area contributed by atoms with E-state index in [0.29, 0.717) is 50.9 Å². The first-order valence-corrected chi connectivity index (χ1v) is 11.0. The van der Waals surface area contributed by atoms with Crippen molar-refractivity contribution >= 4 is 35.1 Å². The van der Waals surface area contributed by atoms with Crippen molar-refractivity contribution < 1.29 is 19.5 Å². The number of fused-ring (bicyclic) bond motifs is 1. The van der Waals surface area contributed by atoms with E-state index in [0.717, 1.165) is 13.1 Å². The summed E-state index contributed by atoms with van der Waals surface area (Å²) in [6.45, 7) is 11.1. The van der Waals surface area contributed by atoms with Gasteiger partial charge < -0.3 is 14.7 Å². The van der Waals surface area contributed by atoms with Gasteiger partial charge in [-0.2, -0.15) is 0 Å². The summed E-state index contributed by atoms with van der Waals surface area (Å²) in [7, 11) is 0. The Labute approximate surface area is 188 Å². The Hall–Kier alpha value is -2.01. The third-order valence-corrected chi connectivity index (χ3v) is 5.53. The summed E-state index contributed by atoms with van der Waals surface area (Å²) in [4.78, 5) is 14.2. The van der Waals surface area contributed by atoms with E-state index in [2.05, 4.69) is 27.7 Å². The Morgan fingerprint density at radius 3 is 2.33 bits per heavy atom. The maximum Gasteiger partial charge on any atom is 0.231 e. The van der Waals surface area contributed by atoms with Gasteiger partial charge in [-0.1, -0.05) is 68.8 Å². The van der Waals surface area contributed by atoms with Gasteiger partial charge in [0, 0.05) is 27.4 Å². The normalized spacial score (nSPS) is 14.8. The van der Waals surface area contributed by atoms with Crippen molar-refractivity contribution in [1.29, 1.82) is 0 Å².